The lowest BCUT2D eigenvalue weighted by Gasteiger charge is -2.36. The molecule has 0 aliphatic carbocycles. The van der Waals surface area contributed by atoms with Crippen molar-refractivity contribution in [3.05, 3.63) is 29.8 Å². The second-order valence-corrected chi connectivity index (χ2v) is 4.77. The second-order valence-electron chi connectivity index (χ2n) is 4.77. The number of benzene rings is 1. The molecular weight excluding hydrogens is 260 g/mol. The van der Waals surface area contributed by atoms with E-state index in [0.717, 1.165) is 11.3 Å². The fourth-order valence-corrected chi connectivity index (χ4v) is 2.07. The van der Waals surface area contributed by atoms with E-state index in [1.807, 2.05) is 24.3 Å². The number of para-hydroxylation sites is 1. The summed E-state index contributed by atoms with van der Waals surface area (Å²) in [7, 11) is 1.63. The summed E-state index contributed by atoms with van der Waals surface area (Å²) in [5.74, 6) is -1.29. The number of methoxy groups -OCH3 is 1. The van der Waals surface area contributed by atoms with Gasteiger partial charge in [0.15, 0.2) is 0 Å². The lowest BCUT2D eigenvalue weighted by atomic mass is 10.0. The number of anilines is 1. The van der Waals surface area contributed by atoms with Crippen molar-refractivity contribution in [2.24, 2.45) is 5.92 Å². The van der Waals surface area contributed by atoms with Gasteiger partial charge < -0.3 is 20.1 Å². The third kappa shape index (κ3) is 3.27. The Labute approximate surface area is 117 Å². The predicted octanol–water partition coefficient (Wildman–Crippen LogP) is 1.42. The van der Waals surface area contributed by atoms with Crippen molar-refractivity contribution < 1.29 is 19.4 Å². The highest BCUT2D eigenvalue weighted by Crippen LogP contribution is 2.20. The lowest BCUT2D eigenvalue weighted by molar-refractivity contribution is -0.145. The highest BCUT2D eigenvalue weighted by atomic mass is 16.5. The molecule has 1 aliphatic heterocycles. The average molecular weight is 278 g/mol. The molecule has 1 fully saturated rings. The Hall–Kier alpha value is -2.08. The zero-order chi connectivity index (χ0) is 14.5. The van der Waals surface area contributed by atoms with Crippen LogP contribution in [0.25, 0.3) is 0 Å². The molecule has 0 radical (unpaired) electrons. The second kappa shape index (κ2) is 6.38. The van der Waals surface area contributed by atoms with Crippen LogP contribution in [0.3, 0.4) is 0 Å². The number of nitrogens with zero attached hydrogens (tertiary/aromatic N) is 1. The van der Waals surface area contributed by atoms with Crippen LogP contribution in [0.2, 0.25) is 0 Å². The molecule has 0 unspecified atom stereocenters. The summed E-state index contributed by atoms with van der Waals surface area (Å²) in [6.45, 7) is 1.11. The molecule has 1 aromatic carbocycles. The van der Waals surface area contributed by atoms with E-state index < -0.39 is 11.9 Å². The molecule has 6 nitrogen and oxygen atoms in total. The number of urea groups is 1. The van der Waals surface area contributed by atoms with Gasteiger partial charge >= 0.3 is 12.0 Å². The Morgan fingerprint density at radius 2 is 2.10 bits per heavy atom. The summed E-state index contributed by atoms with van der Waals surface area (Å²) >= 11 is 0. The number of carbonyl (C=O) groups is 2. The lowest BCUT2D eigenvalue weighted by Crippen LogP contribution is -2.54. The van der Waals surface area contributed by atoms with Gasteiger partial charge in [-0.25, -0.2) is 4.79 Å². The minimum absolute atomic E-state index is 0.257. The molecular formula is C14H18N2O4. The molecule has 20 heavy (non-hydrogen) atoms. The Bertz CT molecular complexity index is 498. The van der Waals surface area contributed by atoms with Crippen molar-refractivity contribution in [3.8, 4) is 0 Å². The van der Waals surface area contributed by atoms with E-state index in [0.29, 0.717) is 13.0 Å². The van der Waals surface area contributed by atoms with E-state index in [2.05, 4.69) is 5.32 Å². The van der Waals surface area contributed by atoms with Crippen molar-refractivity contribution in [2.75, 3.05) is 32.1 Å². The molecule has 2 amide bonds. The van der Waals surface area contributed by atoms with E-state index >= 15 is 0 Å². The predicted molar refractivity (Wildman–Crippen MR) is 73.7 cm³/mol. The Morgan fingerprint density at radius 3 is 2.75 bits per heavy atom. The Morgan fingerprint density at radius 1 is 1.40 bits per heavy atom. The maximum Gasteiger partial charge on any atom is 0.321 e. The fraction of sp³-hybridized carbons (Fsp3) is 0.429. The van der Waals surface area contributed by atoms with Crippen LogP contribution in [0.1, 0.15) is 5.56 Å². The maximum absolute atomic E-state index is 12.0. The highest BCUT2D eigenvalue weighted by Gasteiger charge is 2.35. The third-order valence-corrected chi connectivity index (χ3v) is 3.35. The quantitative estimate of drug-likeness (QED) is 0.854. The molecule has 0 bridgehead atoms. The zero-order valence-corrected chi connectivity index (χ0v) is 11.3. The normalized spacial score (nSPS) is 14.8. The third-order valence-electron chi connectivity index (χ3n) is 3.35. The molecule has 1 aromatic rings. The van der Waals surface area contributed by atoms with Crippen molar-refractivity contribution >= 4 is 17.7 Å². The fourth-order valence-electron chi connectivity index (χ4n) is 2.07. The van der Waals surface area contributed by atoms with Gasteiger partial charge in [-0.2, -0.15) is 0 Å². The van der Waals surface area contributed by atoms with Crippen molar-refractivity contribution in [1.29, 1.82) is 0 Å². The number of carbonyl (C=O) groups excluding carboxylic acids is 1. The van der Waals surface area contributed by atoms with Crippen LogP contribution in [-0.2, 0) is 16.0 Å². The van der Waals surface area contributed by atoms with E-state index in [9.17, 15) is 9.59 Å². The molecule has 1 heterocycles. The summed E-state index contributed by atoms with van der Waals surface area (Å²) in [5.41, 5.74) is 1.74. The van der Waals surface area contributed by atoms with Crippen LogP contribution >= 0.6 is 0 Å². The van der Waals surface area contributed by atoms with Gasteiger partial charge in [-0.15, -0.1) is 0 Å². The minimum Gasteiger partial charge on any atom is -0.481 e. The largest absolute Gasteiger partial charge is 0.481 e. The average Bonchev–Trinajstić information content (AvgIpc) is 2.35. The number of carboxylic acid groups (broad SMARTS) is 1. The Kier molecular flexibility index (Phi) is 4.57. The van der Waals surface area contributed by atoms with Gasteiger partial charge in [-0.3, -0.25) is 4.79 Å². The molecule has 0 atom stereocenters. The van der Waals surface area contributed by atoms with Crippen LogP contribution in [0, 0.1) is 5.92 Å². The summed E-state index contributed by atoms with van der Waals surface area (Å²) in [6, 6.07) is 7.27. The standard InChI is InChI=1S/C14H18N2O4/c1-20-7-6-10-4-2-3-5-12(10)15-14(19)16-8-11(9-16)13(17)18/h2-5,11H,6-9H2,1H3,(H,15,19)(H,17,18). The van der Waals surface area contributed by atoms with E-state index in [1.165, 1.54) is 4.90 Å². The van der Waals surface area contributed by atoms with Crippen LogP contribution in [0.15, 0.2) is 24.3 Å². The maximum atomic E-state index is 12.0. The summed E-state index contributed by atoms with van der Waals surface area (Å²) in [6.07, 6.45) is 0.713. The van der Waals surface area contributed by atoms with Gasteiger partial charge in [0.25, 0.3) is 0 Å². The summed E-state index contributed by atoms with van der Waals surface area (Å²) in [4.78, 5) is 24.2. The number of likely N-dealkylation sites (tertiary alicyclic amines) is 1. The first kappa shape index (κ1) is 14.3. The highest BCUT2D eigenvalue weighted by molar-refractivity contribution is 5.91. The van der Waals surface area contributed by atoms with Crippen LogP contribution in [0.4, 0.5) is 10.5 Å². The number of rotatable bonds is 5. The monoisotopic (exact) mass is 278 g/mol. The van der Waals surface area contributed by atoms with Gasteiger partial charge in [0.05, 0.1) is 12.5 Å². The van der Waals surface area contributed by atoms with Crippen molar-refractivity contribution in [3.63, 3.8) is 0 Å². The van der Waals surface area contributed by atoms with E-state index in [4.69, 9.17) is 9.84 Å². The SMILES string of the molecule is COCCc1ccccc1NC(=O)N1CC(C(=O)O)C1. The number of ether oxygens (including phenoxy) is 1. The molecule has 2 N–H and O–H groups in total. The first-order chi connectivity index (χ1) is 9.61. The molecule has 6 heteroatoms. The molecule has 2 rings (SSSR count). The van der Waals surface area contributed by atoms with Gasteiger partial charge in [-0.1, -0.05) is 18.2 Å². The molecule has 108 valence electrons. The molecule has 0 aromatic heterocycles. The Balaban J connectivity index is 1.93. The summed E-state index contributed by atoms with van der Waals surface area (Å²) in [5, 5.41) is 11.6. The van der Waals surface area contributed by atoms with Gasteiger partial charge in [-0.05, 0) is 18.1 Å². The van der Waals surface area contributed by atoms with Gasteiger partial charge in [0, 0.05) is 25.9 Å². The zero-order valence-electron chi connectivity index (χ0n) is 11.3. The van der Waals surface area contributed by atoms with E-state index in [1.54, 1.807) is 7.11 Å². The first-order valence-electron chi connectivity index (χ1n) is 6.47. The molecule has 1 saturated heterocycles. The molecule has 0 spiro atoms. The molecule has 1 aliphatic rings. The number of carboxylic acids is 1. The first-order valence-corrected chi connectivity index (χ1v) is 6.47. The van der Waals surface area contributed by atoms with Crippen molar-refractivity contribution in [1.82, 2.24) is 4.90 Å². The number of hydrogen-bond acceptors (Lipinski definition) is 3. The number of nitrogens with one attached hydrogen (secondary N) is 1. The van der Waals surface area contributed by atoms with Gasteiger partial charge in [0.1, 0.15) is 0 Å². The number of amides is 2. The van der Waals surface area contributed by atoms with Crippen molar-refractivity contribution in [2.45, 2.75) is 6.42 Å². The van der Waals surface area contributed by atoms with Gasteiger partial charge in [0.2, 0.25) is 0 Å². The topological polar surface area (TPSA) is 78.9 Å². The smallest absolute Gasteiger partial charge is 0.321 e. The van der Waals surface area contributed by atoms with Crippen LogP contribution < -0.4 is 5.32 Å². The number of hydrogen-bond donors (Lipinski definition) is 2. The number of aliphatic carboxylic acids is 1. The van der Waals surface area contributed by atoms with E-state index in [-0.39, 0.29) is 19.1 Å². The summed E-state index contributed by atoms with van der Waals surface area (Å²) < 4.78 is 5.04. The van der Waals surface area contributed by atoms with Crippen LogP contribution in [-0.4, -0.2) is 48.8 Å². The van der Waals surface area contributed by atoms with Crippen LogP contribution in [0.5, 0.6) is 0 Å². The molecule has 0 saturated carbocycles. The minimum atomic E-state index is -0.852.